The second-order valence-electron chi connectivity index (χ2n) is 7.44. The molecule has 1 aliphatic rings. The van der Waals surface area contributed by atoms with Crippen molar-refractivity contribution in [2.75, 3.05) is 33.3 Å². The number of carbonyl (C=O) groups excluding carboxylic acids is 1. The van der Waals surface area contributed by atoms with Crippen LogP contribution in [0.15, 0.2) is 54.6 Å². The average molecular weight is 382 g/mol. The van der Waals surface area contributed by atoms with Gasteiger partial charge in [0.15, 0.2) is 0 Å². The maximum absolute atomic E-state index is 12.0. The summed E-state index contributed by atoms with van der Waals surface area (Å²) in [7, 11) is 1.66. The van der Waals surface area contributed by atoms with Gasteiger partial charge >= 0.3 is 6.03 Å². The lowest BCUT2D eigenvalue weighted by Crippen LogP contribution is -2.42. The number of likely N-dealkylation sites (tertiary alicyclic amines) is 1. The fourth-order valence-electron chi connectivity index (χ4n) is 3.60. The van der Waals surface area contributed by atoms with E-state index in [2.05, 4.69) is 45.9 Å². The molecule has 0 saturated carbocycles. The molecule has 0 aliphatic carbocycles. The van der Waals surface area contributed by atoms with Gasteiger partial charge in [0.1, 0.15) is 5.75 Å². The third kappa shape index (κ3) is 6.57. The number of nitrogens with one attached hydrogen (secondary N) is 2. The third-order valence-corrected chi connectivity index (χ3v) is 5.37. The maximum atomic E-state index is 12.0. The molecule has 150 valence electrons. The smallest absolute Gasteiger partial charge is 0.314 e. The molecule has 1 aliphatic heterocycles. The van der Waals surface area contributed by atoms with E-state index in [-0.39, 0.29) is 6.03 Å². The molecule has 0 aromatic heterocycles. The highest BCUT2D eigenvalue weighted by molar-refractivity contribution is 5.73. The molecule has 5 nitrogen and oxygen atoms in total. The molecule has 1 heterocycles. The lowest BCUT2D eigenvalue weighted by Gasteiger charge is -2.32. The summed E-state index contributed by atoms with van der Waals surface area (Å²) < 4.78 is 5.15. The Morgan fingerprint density at radius 1 is 1.00 bits per heavy atom. The van der Waals surface area contributed by atoms with Gasteiger partial charge in [-0.05, 0) is 61.5 Å². The Bertz CT molecular complexity index is 710. The van der Waals surface area contributed by atoms with Crippen molar-refractivity contribution in [2.24, 2.45) is 5.92 Å². The van der Waals surface area contributed by atoms with Crippen molar-refractivity contribution >= 4 is 6.03 Å². The quantitative estimate of drug-likeness (QED) is 0.736. The Kier molecular flexibility index (Phi) is 7.73. The van der Waals surface area contributed by atoms with Gasteiger partial charge in [-0.25, -0.2) is 4.79 Å². The standard InChI is InChI=1S/C23H31N3O2/c1-28-22-9-7-19(8-10-22)11-14-24-23(27)25-17-20-12-15-26(16-13-20)18-21-5-3-2-4-6-21/h2-10,20H,11-18H2,1H3,(H2,24,25,27). The van der Waals surface area contributed by atoms with E-state index in [0.29, 0.717) is 12.5 Å². The zero-order valence-electron chi connectivity index (χ0n) is 16.7. The lowest BCUT2D eigenvalue weighted by molar-refractivity contribution is 0.175. The molecule has 1 fully saturated rings. The summed E-state index contributed by atoms with van der Waals surface area (Å²) >= 11 is 0. The van der Waals surface area contributed by atoms with Crippen LogP contribution in [0.25, 0.3) is 0 Å². The summed E-state index contributed by atoms with van der Waals surface area (Å²) in [6.07, 6.45) is 3.09. The first-order valence-corrected chi connectivity index (χ1v) is 10.1. The molecule has 2 aromatic carbocycles. The van der Waals surface area contributed by atoms with Gasteiger partial charge < -0.3 is 15.4 Å². The molecule has 1 saturated heterocycles. The van der Waals surface area contributed by atoms with Crippen molar-refractivity contribution in [1.82, 2.24) is 15.5 Å². The maximum Gasteiger partial charge on any atom is 0.314 e. The first-order chi connectivity index (χ1) is 13.7. The minimum Gasteiger partial charge on any atom is -0.497 e. The minimum absolute atomic E-state index is 0.0692. The monoisotopic (exact) mass is 381 g/mol. The molecule has 0 radical (unpaired) electrons. The number of rotatable bonds is 8. The van der Waals surface area contributed by atoms with Gasteiger partial charge in [-0.15, -0.1) is 0 Å². The van der Waals surface area contributed by atoms with E-state index < -0.39 is 0 Å². The molecule has 0 bridgehead atoms. The van der Waals surface area contributed by atoms with Gasteiger partial charge in [-0.2, -0.15) is 0 Å². The molecular formula is C23H31N3O2. The SMILES string of the molecule is COc1ccc(CCNC(=O)NCC2CCN(Cc3ccccc3)CC2)cc1. The fourth-order valence-corrected chi connectivity index (χ4v) is 3.60. The van der Waals surface area contributed by atoms with Crippen LogP contribution in [0.4, 0.5) is 4.79 Å². The van der Waals surface area contributed by atoms with Gasteiger partial charge in [0, 0.05) is 19.6 Å². The van der Waals surface area contributed by atoms with Gasteiger partial charge in [0.25, 0.3) is 0 Å². The number of hydrogen-bond donors (Lipinski definition) is 2. The predicted molar refractivity (Wildman–Crippen MR) is 113 cm³/mol. The van der Waals surface area contributed by atoms with Gasteiger partial charge in [-0.3, -0.25) is 4.90 Å². The van der Waals surface area contributed by atoms with Gasteiger partial charge in [0.2, 0.25) is 0 Å². The minimum atomic E-state index is -0.0692. The number of amides is 2. The summed E-state index contributed by atoms with van der Waals surface area (Å²) in [6, 6.07) is 18.5. The zero-order chi connectivity index (χ0) is 19.6. The summed E-state index contributed by atoms with van der Waals surface area (Å²) in [5.74, 6) is 1.42. The van der Waals surface area contributed by atoms with Crippen LogP contribution in [0.3, 0.4) is 0 Å². The Balaban J connectivity index is 1.27. The number of ether oxygens (including phenoxy) is 1. The van der Waals surface area contributed by atoms with E-state index in [1.54, 1.807) is 7.11 Å². The first kappa shape index (κ1) is 20.2. The normalized spacial score (nSPS) is 15.2. The van der Waals surface area contributed by atoms with Crippen molar-refractivity contribution in [3.05, 3.63) is 65.7 Å². The van der Waals surface area contributed by atoms with Crippen LogP contribution >= 0.6 is 0 Å². The van der Waals surface area contributed by atoms with Crippen LogP contribution in [-0.2, 0) is 13.0 Å². The Morgan fingerprint density at radius 3 is 2.39 bits per heavy atom. The van der Waals surface area contributed by atoms with Crippen molar-refractivity contribution in [3.8, 4) is 5.75 Å². The fraction of sp³-hybridized carbons (Fsp3) is 0.435. The predicted octanol–water partition coefficient (Wildman–Crippen LogP) is 3.45. The van der Waals surface area contributed by atoms with E-state index in [0.717, 1.165) is 51.2 Å². The van der Waals surface area contributed by atoms with Crippen LogP contribution in [0.1, 0.15) is 24.0 Å². The third-order valence-electron chi connectivity index (χ3n) is 5.37. The molecule has 3 rings (SSSR count). The summed E-state index contributed by atoms with van der Waals surface area (Å²) in [4.78, 5) is 14.5. The Morgan fingerprint density at radius 2 is 1.71 bits per heavy atom. The van der Waals surface area contributed by atoms with E-state index >= 15 is 0 Å². The molecule has 0 unspecified atom stereocenters. The molecule has 28 heavy (non-hydrogen) atoms. The van der Waals surface area contributed by atoms with Crippen LogP contribution in [0, 0.1) is 5.92 Å². The van der Waals surface area contributed by atoms with Crippen LogP contribution in [0.5, 0.6) is 5.75 Å². The molecule has 2 amide bonds. The van der Waals surface area contributed by atoms with Crippen molar-refractivity contribution in [3.63, 3.8) is 0 Å². The van der Waals surface area contributed by atoms with Crippen LogP contribution < -0.4 is 15.4 Å². The van der Waals surface area contributed by atoms with E-state index in [1.165, 1.54) is 11.1 Å². The summed E-state index contributed by atoms with van der Waals surface area (Å²) in [5.41, 5.74) is 2.56. The second-order valence-corrected chi connectivity index (χ2v) is 7.44. The number of urea groups is 1. The van der Waals surface area contributed by atoms with E-state index in [4.69, 9.17) is 4.74 Å². The first-order valence-electron chi connectivity index (χ1n) is 10.1. The topological polar surface area (TPSA) is 53.6 Å². The number of benzene rings is 2. The summed E-state index contributed by atoms with van der Waals surface area (Å²) in [6.45, 7) is 4.61. The molecule has 0 atom stereocenters. The Labute approximate surface area is 168 Å². The van der Waals surface area contributed by atoms with Crippen molar-refractivity contribution < 1.29 is 9.53 Å². The highest BCUT2D eigenvalue weighted by Crippen LogP contribution is 2.18. The second kappa shape index (κ2) is 10.7. The molecular weight excluding hydrogens is 350 g/mol. The van der Waals surface area contributed by atoms with Crippen LogP contribution in [0.2, 0.25) is 0 Å². The molecule has 2 aromatic rings. The van der Waals surface area contributed by atoms with Crippen LogP contribution in [-0.4, -0.2) is 44.2 Å². The lowest BCUT2D eigenvalue weighted by atomic mass is 9.96. The van der Waals surface area contributed by atoms with Gasteiger partial charge in [0.05, 0.1) is 7.11 Å². The number of carbonyl (C=O) groups is 1. The highest BCUT2D eigenvalue weighted by Gasteiger charge is 2.19. The molecule has 2 N–H and O–H groups in total. The molecule has 5 heteroatoms. The van der Waals surface area contributed by atoms with Gasteiger partial charge in [-0.1, -0.05) is 42.5 Å². The summed E-state index contributed by atoms with van der Waals surface area (Å²) in [5, 5.41) is 5.98. The zero-order valence-corrected chi connectivity index (χ0v) is 16.7. The molecule has 0 spiro atoms. The van der Waals surface area contributed by atoms with Crippen molar-refractivity contribution in [1.29, 1.82) is 0 Å². The van der Waals surface area contributed by atoms with E-state index in [9.17, 15) is 4.79 Å². The largest absolute Gasteiger partial charge is 0.497 e. The number of hydrogen-bond acceptors (Lipinski definition) is 3. The highest BCUT2D eigenvalue weighted by atomic mass is 16.5. The number of nitrogens with zero attached hydrogens (tertiary/aromatic N) is 1. The van der Waals surface area contributed by atoms with Crippen molar-refractivity contribution in [2.45, 2.75) is 25.8 Å². The number of methoxy groups -OCH3 is 1. The number of piperidine rings is 1. The average Bonchev–Trinajstić information content (AvgIpc) is 2.74. The Hall–Kier alpha value is -2.53. The van der Waals surface area contributed by atoms with E-state index in [1.807, 2.05) is 24.3 Å².